The first-order chi connectivity index (χ1) is 7.70. The third kappa shape index (κ3) is 4.79. The average molecular weight is 367 g/mol. The zero-order valence-corrected chi connectivity index (χ0v) is 12.7. The lowest BCUT2D eigenvalue weighted by Crippen LogP contribution is -3.00. The van der Waals surface area contributed by atoms with Gasteiger partial charge < -0.3 is 43.8 Å². The fourth-order valence-electron chi connectivity index (χ4n) is 1.47. The Kier molecular flexibility index (Phi) is 6.05. The number of hydrogen-bond donors (Lipinski definition) is 3. The molecule has 5 nitrogen and oxygen atoms in total. The number of Topliss-reactive ketones (excluding diaryl/α,β-unsaturated/α-hetero) is 1. The summed E-state index contributed by atoms with van der Waals surface area (Å²) in [6, 6.07) is 3.74. The van der Waals surface area contributed by atoms with Crippen molar-refractivity contribution in [3.8, 4) is 11.5 Å². The molecule has 0 saturated heterocycles. The number of benzene rings is 1. The van der Waals surface area contributed by atoms with Crippen molar-refractivity contribution in [1.82, 2.24) is 0 Å². The molecule has 1 atom stereocenters. The Hall–Kier alpha value is -0.860. The standard InChI is InChI=1S/C12H17NO4.HI/c1-13(2,3)7-11(16)12(17)8-4-5-9(14)10(15)6-8;/h4-6,11,16H,7H2,1-3H3,(H-,14,15,17);1H. The van der Waals surface area contributed by atoms with Gasteiger partial charge in [-0.3, -0.25) is 4.79 Å². The molecule has 0 amide bonds. The predicted octanol–water partition coefficient (Wildman–Crippen LogP) is -2.65. The molecule has 1 rings (SSSR count). The molecule has 0 heterocycles. The maximum atomic E-state index is 11.8. The summed E-state index contributed by atoms with van der Waals surface area (Å²) in [5, 5.41) is 28.2. The summed E-state index contributed by atoms with van der Waals surface area (Å²) in [5.74, 6) is -1.12. The van der Waals surface area contributed by atoms with E-state index in [9.17, 15) is 15.0 Å². The second-order valence-electron chi connectivity index (χ2n) is 5.06. The normalized spacial score (nSPS) is 12.7. The molecule has 6 heteroatoms. The van der Waals surface area contributed by atoms with Crippen molar-refractivity contribution in [3.05, 3.63) is 23.8 Å². The lowest BCUT2D eigenvalue weighted by atomic mass is 10.0. The molecule has 0 bridgehead atoms. The minimum absolute atomic E-state index is 0. The van der Waals surface area contributed by atoms with Gasteiger partial charge in [-0.05, 0) is 18.2 Å². The minimum atomic E-state index is -1.13. The van der Waals surface area contributed by atoms with E-state index in [0.29, 0.717) is 4.48 Å². The molecule has 18 heavy (non-hydrogen) atoms. The Morgan fingerprint density at radius 3 is 2.22 bits per heavy atom. The number of phenolic OH excluding ortho intramolecular Hbond substituents is 2. The monoisotopic (exact) mass is 367 g/mol. The van der Waals surface area contributed by atoms with Crippen LogP contribution in [0.25, 0.3) is 0 Å². The molecule has 1 aromatic rings. The highest BCUT2D eigenvalue weighted by atomic mass is 127. The maximum Gasteiger partial charge on any atom is 0.197 e. The minimum Gasteiger partial charge on any atom is -1.00 e. The van der Waals surface area contributed by atoms with Crippen LogP contribution in [0.15, 0.2) is 18.2 Å². The highest BCUT2D eigenvalue weighted by Crippen LogP contribution is 2.25. The molecular weight excluding hydrogens is 349 g/mol. The van der Waals surface area contributed by atoms with Gasteiger partial charge in [-0.1, -0.05) is 0 Å². The number of carbonyl (C=O) groups excluding carboxylic acids is 1. The SMILES string of the molecule is C[N+](C)(C)CC(O)C(=O)c1ccc(O)c(O)c1.[I-]. The van der Waals surface area contributed by atoms with Gasteiger partial charge in [0.1, 0.15) is 6.54 Å². The first-order valence-electron chi connectivity index (χ1n) is 5.25. The van der Waals surface area contributed by atoms with E-state index in [1.54, 1.807) is 0 Å². The molecule has 0 aromatic heterocycles. The van der Waals surface area contributed by atoms with Crippen molar-refractivity contribution < 1.29 is 48.6 Å². The lowest BCUT2D eigenvalue weighted by Gasteiger charge is -2.26. The zero-order chi connectivity index (χ0) is 13.2. The van der Waals surface area contributed by atoms with E-state index in [2.05, 4.69) is 0 Å². The molecule has 0 spiro atoms. The Balaban J connectivity index is 0.00000289. The van der Waals surface area contributed by atoms with E-state index in [4.69, 9.17) is 5.11 Å². The third-order valence-electron chi connectivity index (χ3n) is 2.28. The molecule has 0 aliphatic carbocycles. The molecule has 3 N–H and O–H groups in total. The topological polar surface area (TPSA) is 77.8 Å². The van der Waals surface area contributed by atoms with Crippen LogP contribution in [-0.2, 0) is 0 Å². The quantitative estimate of drug-likeness (QED) is 0.235. The smallest absolute Gasteiger partial charge is 0.197 e. The fourth-order valence-corrected chi connectivity index (χ4v) is 1.47. The number of hydrogen-bond acceptors (Lipinski definition) is 4. The maximum absolute atomic E-state index is 11.8. The summed E-state index contributed by atoms with van der Waals surface area (Å²) in [4.78, 5) is 11.8. The second kappa shape index (κ2) is 6.35. The molecule has 0 fully saturated rings. The summed E-state index contributed by atoms with van der Waals surface area (Å²) in [6.07, 6.45) is -1.13. The van der Waals surface area contributed by atoms with Crippen LogP contribution in [0.3, 0.4) is 0 Å². The molecule has 0 aliphatic heterocycles. The van der Waals surface area contributed by atoms with Gasteiger partial charge in [0, 0.05) is 5.56 Å². The van der Waals surface area contributed by atoms with Gasteiger partial charge >= 0.3 is 0 Å². The molecule has 1 aromatic carbocycles. The van der Waals surface area contributed by atoms with Crippen LogP contribution in [0, 0.1) is 0 Å². The van der Waals surface area contributed by atoms with E-state index in [1.165, 1.54) is 12.1 Å². The van der Waals surface area contributed by atoms with Crippen molar-refractivity contribution in [2.24, 2.45) is 0 Å². The van der Waals surface area contributed by atoms with Crippen molar-refractivity contribution in [1.29, 1.82) is 0 Å². The molecule has 0 radical (unpaired) electrons. The second-order valence-corrected chi connectivity index (χ2v) is 5.06. The van der Waals surface area contributed by atoms with Crippen molar-refractivity contribution in [2.75, 3.05) is 27.7 Å². The van der Waals surface area contributed by atoms with E-state index in [0.717, 1.165) is 6.07 Å². The van der Waals surface area contributed by atoms with Crippen LogP contribution in [0.5, 0.6) is 11.5 Å². The van der Waals surface area contributed by atoms with Gasteiger partial charge in [-0.25, -0.2) is 0 Å². The van der Waals surface area contributed by atoms with Gasteiger partial charge in [-0.2, -0.15) is 0 Å². The molecule has 102 valence electrons. The Bertz CT molecular complexity index is 429. The number of nitrogens with zero attached hydrogens (tertiary/aromatic N) is 1. The van der Waals surface area contributed by atoms with Gasteiger partial charge in [0.2, 0.25) is 0 Å². The average Bonchev–Trinajstić information content (AvgIpc) is 2.18. The van der Waals surface area contributed by atoms with E-state index >= 15 is 0 Å². The summed E-state index contributed by atoms with van der Waals surface area (Å²) in [6.45, 7) is 0.278. The number of aliphatic hydroxyl groups excluding tert-OH is 1. The number of rotatable bonds is 4. The van der Waals surface area contributed by atoms with Gasteiger partial charge in [-0.15, -0.1) is 0 Å². The largest absolute Gasteiger partial charge is 1.00 e. The summed E-state index contributed by atoms with van der Waals surface area (Å²) < 4.78 is 0.455. The van der Waals surface area contributed by atoms with Crippen LogP contribution in [-0.4, -0.2) is 59.4 Å². The number of phenols is 2. The molecule has 0 saturated carbocycles. The van der Waals surface area contributed by atoms with Crippen molar-refractivity contribution in [2.45, 2.75) is 6.10 Å². The van der Waals surface area contributed by atoms with Crippen LogP contribution >= 0.6 is 0 Å². The predicted molar refractivity (Wildman–Crippen MR) is 63.0 cm³/mol. The number of aromatic hydroxyl groups is 2. The van der Waals surface area contributed by atoms with E-state index in [-0.39, 0.29) is 47.6 Å². The number of likely N-dealkylation sites (N-methyl/N-ethyl adjacent to an activating group) is 1. The lowest BCUT2D eigenvalue weighted by molar-refractivity contribution is -0.872. The Morgan fingerprint density at radius 2 is 1.78 bits per heavy atom. The molecule has 1 unspecified atom stereocenters. The van der Waals surface area contributed by atoms with Crippen molar-refractivity contribution in [3.63, 3.8) is 0 Å². The zero-order valence-electron chi connectivity index (χ0n) is 10.6. The van der Waals surface area contributed by atoms with Crippen LogP contribution < -0.4 is 24.0 Å². The van der Waals surface area contributed by atoms with Crippen LogP contribution in [0.1, 0.15) is 10.4 Å². The number of carbonyl (C=O) groups is 1. The van der Waals surface area contributed by atoms with Crippen LogP contribution in [0.2, 0.25) is 0 Å². The summed E-state index contributed by atoms with van der Waals surface area (Å²) >= 11 is 0. The number of ketones is 1. The number of quaternary nitrogens is 1. The van der Waals surface area contributed by atoms with Gasteiger partial charge in [0.25, 0.3) is 0 Å². The van der Waals surface area contributed by atoms with Crippen LogP contribution in [0.4, 0.5) is 0 Å². The van der Waals surface area contributed by atoms with E-state index in [1.807, 2.05) is 21.1 Å². The molecule has 0 aliphatic rings. The summed E-state index contributed by atoms with van der Waals surface area (Å²) in [7, 11) is 5.60. The third-order valence-corrected chi connectivity index (χ3v) is 2.28. The number of halogens is 1. The Labute approximate surface area is 123 Å². The molecular formula is C12H18INO4. The summed E-state index contributed by atoms with van der Waals surface area (Å²) in [5.41, 5.74) is 0.182. The first kappa shape index (κ1) is 17.1. The highest BCUT2D eigenvalue weighted by molar-refractivity contribution is 5.99. The van der Waals surface area contributed by atoms with Gasteiger partial charge in [0.05, 0.1) is 21.1 Å². The van der Waals surface area contributed by atoms with Crippen molar-refractivity contribution >= 4 is 5.78 Å². The first-order valence-corrected chi connectivity index (χ1v) is 5.25. The fraction of sp³-hybridized carbons (Fsp3) is 0.417. The highest BCUT2D eigenvalue weighted by Gasteiger charge is 2.24. The van der Waals surface area contributed by atoms with E-state index < -0.39 is 11.9 Å². The number of aliphatic hydroxyl groups is 1. The van der Waals surface area contributed by atoms with Gasteiger partial charge in [0.15, 0.2) is 23.4 Å². The Morgan fingerprint density at radius 1 is 1.22 bits per heavy atom.